The largest absolute Gasteiger partial charge is 0.463 e. The SMILES string of the molecule is CCCOc1nc(NCC)nc(SC2CCCCC2)n1. The smallest absolute Gasteiger partial charge is 0.322 e. The molecule has 1 aliphatic rings. The van der Waals surface area contributed by atoms with Crippen LogP contribution in [-0.4, -0.2) is 33.4 Å². The van der Waals surface area contributed by atoms with E-state index in [2.05, 4.69) is 27.2 Å². The number of nitrogens with zero attached hydrogens (tertiary/aromatic N) is 3. The molecule has 0 aliphatic heterocycles. The molecule has 1 heterocycles. The third-order valence-electron chi connectivity index (χ3n) is 3.19. The van der Waals surface area contributed by atoms with Crippen LogP contribution in [0.15, 0.2) is 5.16 Å². The Kier molecular flexibility index (Phi) is 6.36. The molecule has 1 fully saturated rings. The zero-order valence-electron chi connectivity index (χ0n) is 12.4. The first kappa shape index (κ1) is 15.4. The fourth-order valence-corrected chi connectivity index (χ4v) is 3.35. The fraction of sp³-hybridized carbons (Fsp3) is 0.786. The molecule has 0 aromatic carbocycles. The average molecular weight is 296 g/mol. The predicted octanol–water partition coefficient (Wildman–Crippen LogP) is 3.52. The number of aromatic nitrogens is 3. The van der Waals surface area contributed by atoms with E-state index in [9.17, 15) is 0 Å². The van der Waals surface area contributed by atoms with E-state index < -0.39 is 0 Å². The van der Waals surface area contributed by atoms with Gasteiger partial charge in [0.2, 0.25) is 5.95 Å². The van der Waals surface area contributed by atoms with Crippen LogP contribution in [0.2, 0.25) is 0 Å². The van der Waals surface area contributed by atoms with Crippen LogP contribution in [0.25, 0.3) is 0 Å². The molecule has 5 nitrogen and oxygen atoms in total. The standard InChI is InChI=1S/C14H24N4OS/c1-3-10-19-13-16-12(15-4-2)17-14(18-13)20-11-8-6-5-7-9-11/h11H,3-10H2,1-2H3,(H,15,16,17,18). The molecule has 1 N–H and O–H groups in total. The quantitative estimate of drug-likeness (QED) is 0.830. The van der Waals surface area contributed by atoms with Crippen LogP contribution in [0.1, 0.15) is 52.4 Å². The van der Waals surface area contributed by atoms with Crippen LogP contribution in [0, 0.1) is 0 Å². The van der Waals surface area contributed by atoms with Gasteiger partial charge in [-0.15, -0.1) is 0 Å². The Morgan fingerprint density at radius 1 is 1.15 bits per heavy atom. The number of hydrogen-bond donors (Lipinski definition) is 1. The minimum Gasteiger partial charge on any atom is -0.463 e. The van der Waals surface area contributed by atoms with Gasteiger partial charge in [-0.05, 0) is 26.2 Å². The Morgan fingerprint density at radius 2 is 1.95 bits per heavy atom. The van der Waals surface area contributed by atoms with Crippen LogP contribution in [0.3, 0.4) is 0 Å². The van der Waals surface area contributed by atoms with Crippen molar-refractivity contribution in [3.63, 3.8) is 0 Å². The summed E-state index contributed by atoms with van der Waals surface area (Å²) in [6, 6.07) is 0.441. The van der Waals surface area contributed by atoms with E-state index in [4.69, 9.17) is 4.74 Å². The molecule has 1 aromatic rings. The minimum absolute atomic E-state index is 0.441. The van der Waals surface area contributed by atoms with Crippen LogP contribution in [0.5, 0.6) is 6.01 Å². The van der Waals surface area contributed by atoms with Gasteiger partial charge in [0, 0.05) is 11.8 Å². The minimum atomic E-state index is 0.441. The highest BCUT2D eigenvalue weighted by atomic mass is 32.2. The van der Waals surface area contributed by atoms with E-state index in [1.54, 1.807) is 11.8 Å². The normalized spacial score (nSPS) is 16.1. The summed E-state index contributed by atoms with van der Waals surface area (Å²) in [7, 11) is 0. The van der Waals surface area contributed by atoms with Gasteiger partial charge in [-0.3, -0.25) is 0 Å². The highest BCUT2D eigenvalue weighted by Gasteiger charge is 2.17. The molecule has 0 radical (unpaired) electrons. The zero-order chi connectivity index (χ0) is 14.2. The Balaban J connectivity index is 2.06. The third-order valence-corrected chi connectivity index (χ3v) is 4.39. The Labute approximate surface area is 125 Å². The molecular weight excluding hydrogens is 272 g/mol. The Bertz CT molecular complexity index is 410. The summed E-state index contributed by atoms with van der Waals surface area (Å²) in [5.74, 6) is 0.618. The molecule has 20 heavy (non-hydrogen) atoms. The van der Waals surface area contributed by atoms with Crippen molar-refractivity contribution in [2.45, 2.75) is 62.8 Å². The molecular formula is C14H24N4OS. The monoisotopic (exact) mass is 296 g/mol. The van der Waals surface area contributed by atoms with Gasteiger partial charge in [-0.25, -0.2) is 0 Å². The molecule has 112 valence electrons. The maximum absolute atomic E-state index is 5.56. The summed E-state index contributed by atoms with van der Waals surface area (Å²) >= 11 is 1.77. The topological polar surface area (TPSA) is 59.9 Å². The van der Waals surface area contributed by atoms with E-state index >= 15 is 0 Å². The van der Waals surface area contributed by atoms with Crippen molar-refractivity contribution in [2.75, 3.05) is 18.5 Å². The van der Waals surface area contributed by atoms with Crippen LogP contribution in [0.4, 0.5) is 5.95 Å². The number of rotatable bonds is 7. The fourth-order valence-electron chi connectivity index (χ4n) is 2.22. The maximum Gasteiger partial charge on any atom is 0.322 e. The second kappa shape index (κ2) is 8.29. The number of nitrogens with one attached hydrogen (secondary N) is 1. The zero-order valence-corrected chi connectivity index (χ0v) is 13.2. The van der Waals surface area contributed by atoms with E-state index in [0.717, 1.165) is 18.1 Å². The summed E-state index contributed by atoms with van der Waals surface area (Å²) in [5, 5.41) is 4.57. The number of thioether (sulfide) groups is 1. The molecule has 1 aromatic heterocycles. The first-order valence-electron chi connectivity index (χ1n) is 7.61. The molecule has 2 rings (SSSR count). The van der Waals surface area contributed by atoms with Crippen LogP contribution in [-0.2, 0) is 0 Å². The lowest BCUT2D eigenvalue weighted by Gasteiger charge is -2.20. The van der Waals surface area contributed by atoms with Crippen LogP contribution >= 0.6 is 11.8 Å². The molecule has 0 bridgehead atoms. The van der Waals surface area contributed by atoms with E-state index in [1.165, 1.54) is 32.1 Å². The summed E-state index contributed by atoms with van der Waals surface area (Å²) in [6.07, 6.45) is 7.48. The number of anilines is 1. The summed E-state index contributed by atoms with van der Waals surface area (Å²) in [4.78, 5) is 13.2. The van der Waals surface area contributed by atoms with Crippen molar-refractivity contribution in [2.24, 2.45) is 0 Å². The second-order valence-corrected chi connectivity index (χ2v) is 6.25. The highest BCUT2D eigenvalue weighted by Crippen LogP contribution is 2.32. The lowest BCUT2D eigenvalue weighted by molar-refractivity contribution is 0.288. The predicted molar refractivity (Wildman–Crippen MR) is 82.5 cm³/mol. The van der Waals surface area contributed by atoms with Crippen molar-refractivity contribution in [3.8, 4) is 6.01 Å². The molecule has 0 amide bonds. The third kappa shape index (κ3) is 4.81. The Morgan fingerprint density at radius 3 is 2.65 bits per heavy atom. The van der Waals surface area contributed by atoms with Crippen molar-refractivity contribution in [3.05, 3.63) is 0 Å². The van der Waals surface area contributed by atoms with Gasteiger partial charge in [0.25, 0.3) is 0 Å². The summed E-state index contributed by atoms with van der Waals surface area (Å²) < 4.78 is 5.56. The van der Waals surface area contributed by atoms with Gasteiger partial charge >= 0.3 is 6.01 Å². The highest BCUT2D eigenvalue weighted by molar-refractivity contribution is 7.99. The molecule has 1 aliphatic carbocycles. The first-order chi connectivity index (χ1) is 9.81. The van der Waals surface area contributed by atoms with Gasteiger partial charge in [0.05, 0.1) is 6.61 Å². The number of ether oxygens (including phenoxy) is 1. The van der Waals surface area contributed by atoms with E-state index in [0.29, 0.717) is 23.8 Å². The van der Waals surface area contributed by atoms with Gasteiger partial charge in [-0.1, -0.05) is 37.9 Å². The average Bonchev–Trinajstić information content (AvgIpc) is 2.46. The molecule has 0 saturated heterocycles. The lowest BCUT2D eigenvalue weighted by Crippen LogP contribution is -2.11. The van der Waals surface area contributed by atoms with E-state index in [-0.39, 0.29) is 0 Å². The van der Waals surface area contributed by atoms with Gasteiger partial charge in [0.15, 0.2) is 5.16 Å². The van der Waals surface area contributed by atoms with E-state index in [1.807, 2.05) is 6.92 Å². The van der Waals surface area contributed by atoms with Crippen molar-refractivity contribution in [1.29, 1.82) is 0 Å². The molecule has 0 atom stereocenters. The summed E-state index contributed by atoms with van der Waals surface area (Å²) in [5.41, 5.74) is 0. The molecule has 0 unspecified atom stereocenters. The maximum atomic E-state index is 5.56. The first-order valence-corrected chi connectivity index (χ1v) is 8.49. The molecule has 6 heteroatoms. The summed E-state index contributed by atoms with van der Waals surface area (Å²) in [6.45, 7) is 5.54. The van der Waals surface area contributed by atoms with Crippen molar-refractivity contribution < 1.29 is 4.74 Å². The Hall–Kier alpha value is -1.04. The van der Waals surface area contributed by atoms with Gasteiger partial charge in [-0.2, -0.15) is 15.0 Å². The lowest BCUT2D eigenvalue weighted by atomic mass is 10.0. The van der Waals surface area contributed by atoms with Crippen molar-refractivity contribution in [1.82, 2.24) is 15.0 Å². The second-order valence-electron chi connectivity index (χ2n) is 4.98. The van der Waals surface area contributed by atoms with Gasteiger partial charge in [0.1, 0.15) is 0 Å². The molecule has 1 saturated carbocycles. The van der Waals surface area contributed by atoms with Crippen LogP contribution < -0.4 is 10.1 Å². The number of hydrogen-bond acceptors (Lipinski definition) is 6. The molecule has 0 spiro atoms. The van der Waals surface area contributed by atoms with Crippen molar-refractivity contribution >= 4 is 17.7 Å². The van der Waals surface area contributed by atoms with Gasteiger partial charge < -0.3 is 10.1 Å².